The van der Waals surface area contributed by atoms with Gasteiger partial charge in [-0.3, -0.25) is 14.5 Å². The van der Waals surface area contributed by atoms with Gasteiger partial charge >= 0.3 is 0 Å². The first-order valence-corrected chi connectivity index (χ1v) is 11.3. The van der Waals surface area contributed by atoms with Crippen molar-refractivity contribution in [1.29, 1.82) is 0 Å². The summed E-state index contributed by atoms with van der Waals surface area (Å²) in [7, 11) is 0. The molecule has 0 aliphatic carbocycles. The maximum Gasteiger partial charge on any atom is 0.234 e. The van der Waals surface area contributed by atoms with Gasteiger partial charge in [0.15, 0.2) is 5.13 Å². The molecule has 1 fully saturated rings. The molecule has 2 heterocycles. The van der Waals surface area contributed by atoms with Crippen LogP contribution in [-0.4, -0.2) is 23.3 Å². The monoisotopic (exact) mass is 463 g/mol. The van der Waals surface area contributed by atoms with E-state index in [2.05, 4.69) is 4.98 Å². The normalized spacial score (nSPS) is 15.9. The van der Waals surface area contributed by atoms with Crippen LogP contribution in [0.15, 0.2) is 72.8 Å². The molecule has 5 rings (SSSR count). The minimum atomic E-state index is -0.574. The number of halogens is 2. The number of nitrogens with zero attached hydrogens (tertiary/aromatic N) is 3. The second-order valence-corrected chi connectivity index (χ2v) is 8.91. The average molecular weight is 464 g/mol. The molecular weight excluding hydrogens is 444 g/mol. The number of amides is 2. The topological polar surface area (TPSA) is 53.5 Å². The molecule has 1 aromatic heterocycles. The Kier molecular flexibility index (Phi) is 5.60. The number of anilines is 2. The number of benzene rings is 3. The average Bonchev–Trinajstić information content (AvgIpc) is 3.41. The zero-order valence-electron chi connectivity index (χ0n) is 17.4. The predicted molar refractivity (Wildman–Crippen MR) is 124 cm³/mol. The standard InChI is InChI=1S/C25H19F2N3O2S/c26-18-6-9-20(10-7-18)29-15-17(12-23(29)31)24(32)30(14-16-4-2-1-3-5-16)25-28-21-11-8-19(27)13-22(21)33-25/h1-11,13,17H,12,14-15H2. The van der Waals surface area contributed by atoms with Gasteiger partial charge in [0, 0.05) is 18.7 Å². The minimum Gasteiger partial charge on any atom is -0.312 e. The molecule has 1 unspecified atom stereocenters. The van der Waals surface area contributed by atoms with E-state index in [4.69, 9.17) is 0 Å². The number of rotatable bonds is 5. The van der Waals surface area contributed by atoms with Crippen LogP contribution in [0, 0.1) is 17.6 Å². The molecule has 0 saturated carbocycles. The van der Waals surface area contributed by atoms with E-state index in [9.17, 15) is 18.4 Å². The van der Waals surface area contributed by atoms with E-state index < -0.39 is 5.92 Å². The molecule has 0 spiro atoms. The summed E-state index contributed by atoms with van der Waals surface area (Å²) in [5.74, 6) is -1.74. The van der Waals surface area contributed by atoms with Crippen molar-refractivity contribution in [1.82, 2.24) is 4.98 Å². The quantitative estimate of drug-likeness (QED) is 0.411. The Labute approximate surface area is 192 Å². The van der Waals surface area contributed by atoms with Gasteiger partial charge in [0.05, 0.1) is 22.7 Å². The van der Waals surface area contributed by atoms with Crippen LogP contribution in [0.3, 0.4) is 0 Å². The van der Waals surface area contributed by atoms with Gasteiger partial charge in [-0.2, -0.15) is 0 Å². The molecule has 2 amide bonds. The Morgan fingerprint density at radius 3 is 2.52 bits per heavy atom. The van der Waals surface area contributed by atoms with Crippen molar-refractivity contribution < 1.29 is 18.4 Å². The fraction of sp³-hybridized carbons (Fsp3) is 0.160. The summed E-state index contributed by atoms with van der Waals surface area (Å²) in [6, 6.07) is 19.5. The third-order valence-corrected chi connectivity index (χ3v) is 6.67. The fourth-order valence-electron chi connectivity index (χ4n) is 3.97. The highest BCUT2D eigenvalue weighted by Crippen LogP contribution is 2.33. The van der Waals surface area contributed by atoms with Crippen molar-refractivity contribution in [2.45, 2.75) is 13.0 Å². The summed E-state index contributed by atoms with van der Waals surface area (Å²) in [5, 5.41) is 0.456. The third-order valence-electron chi connectivity index (χ3n) is 5.63. The number of aromatic nitrogens is 1. The second-order valence-electron chi connectivity index (χ2n) is 7.90. The van der Waals surface area contributed by atoms with Crippen molar-refractivity contribution in [3.63, 3.8) is 0 Å². The summed E-state index contributed by atoms with van der Waals surface area (Å²) in [6.07, 6.45) is 0.0566. The Balaban J connectivity index is 1.46. The van der Waals surface area contributed by atoms with E-state index >= 15 is 0 Å². The number of carbonyl (C=O) groups excluding carboxylic acids is 2. The van der Waals surface area contributed by atoms with E-state index in [1.54, 1.807) is 11.0 Å². The molecule has 3 aromatic carbocycles. The lowest BCUT2D eigenvalue weighted by Crippen LogP contribution is -2.37. The first-order chi connectivity index (χ1) is 16.0. The molecule has 166 valence electrons. The van der Waals surface area contributed by atoms with E-state index in [0.717, 1.165) is 5.56 Å². The van der Waals surface area contributed by atoms with Crippen molar-refractivity contribution in [3.8, 4) is 0 Å². The summed E-state index contributed by atoms with van der Waals surface area (Å²) in [6.45, 7) is 0.483. The van der Waals surface area contributed by atoms with Crippen LogP contribution < -0.4 is 9.80 Å². The molecule has 33 heavy (non-hydrogen) atoms. The Morgan fingerprint density at radius 1 is 1.03 bits per heavy atom. The molecule has 1 saturated heterocycles. The van der Waals surface area contributed by atoms with Crippen LogP contribution in [-0.2, 0) is 16.1 Å². The summed E-state index contributed by atoms with van der Waals surface area (Å²) in [5.41, 5.74) is 2.08. The van der Waals surface area contributed by atoms with Crippen molar-refractivity contribution >= 4 is 44.2 Å². The maximum absolute atomic E-state index is 13.7. The van der Waals surface area contributed by atoms with Gasteiger partial charge in [0.1, 0.15) is 11.6 Å². The number of fused-ring (bicyclic) bond motifs is 1. The fourth-order valence-corrected chi connectivity index (χ4v) is 4.97. The van der Waals surface area contributed by atoms with Gasteiger partial charge in [-0.15, -0.1) is 0 Å². The Hall–Kier alpha value is -3.65. The molecule has 5 nitrogen and oxygen atoms in total. The van der Waals surface area contributed by atoms with Gasteiger partial charge in [0.2, 0.25) is 11.8 Å². The first kappa shape index (κ1) is 21.2. The third kappa shape index (κ3) is 4.34. The molecule has 8 heteroatoms. The van der Waals surface area contributed by atoms with Crippen molar-refractivity contribution in [2.75, 3.05) is 16.3 Å². The smallest absolute Gasteiger partial charge is 0.234 e. The zero-order valence-corrected chi connectivity index (χ0v) is 18.3. The molecule has 0 radical (unpaired) electrons. The van der Waals surface area contributed by atoms with Gasteiger partial charge in [-0.25, -0.2) is 13.8 Å². The number of hydrogen-bond acceptors (Lipinski definition) is 4. The second kappa shape index (κ2) is 8.71. The van der Waals surface area contributed by atoms with Crippen LogP contribution in [0.25, 0.3) is 10.2 Å². The summed E-state index contributed by atoms with van der Waals surface area (Å²) >= 11 is 1.24. The van der Waals surface area contributed by atoms with E-state index in [1.165, 1.54) is 52.6 Å². The molecular formula is C25H19F2N3O2S. The zero-order chi connectivity index (χ0) is 22.9. The number of thiazole rings is 1. The van der Waals surface area contributed by atoms with Crippen LogP contribution >= 0.6 is 11.3 Å². The van der Waals surface area contributed by atoms with Crippen LogP contribution in [0.5, 0.6) is 0 Å². The molecule has 1 atom stereocenters. The van der Waals surface area contributed by atoms with E-state index in [1.807, 2.05) is 30.3 Å². The summed E-state index contributed by atoms with van der Waals surface area (Å²) < 4.78 is 27.6. The van der Waals surface area contributed by atoms with Crippen molar-refractivity contribution in [3.05, 3.63) is 90.0 Å². The molecule has 1 aliphatic rings. The van der Waals surface area contributed by atoms with Gasteiger partial charge in [0.25, 0.3) is 0 Å². The highest BCUT2D eigenvalue weighted by molar-refractivity contribution is 7.22. The molecule has 4 aromatic rings. The Morgan fingerprint density at radius 2 is 1.76 bits per heavy atom. The first-order valence-electron chi connectivity index (χ1n) is 10.5. The molecule has 1 aliphatic heterocycles. The lowest BCUT2D eigenvalue weighted by atomic mass is 10.1. The van der Waals surface area contributed by atoms with Crippen molar-refractivity contribution in [2.24, 2.45) is 5.92 Å². The predicted octanol–water partition coefficient (Wildman–Crippen LogP) is 5.16. The maximum atomic E-state index is 13.7. The Bertz CT molecular complexity index is 1320. The largest absolute Gasteiger partial charge is 0.312 e. The molecule has 0 bridgehead atoms. The lowest BCUT2D eigenvalue weighted by molar-refractivity contribution is -0.124. The number of carbonyl (C=O) groups is 2. The van der Waals surface area contributed by atoms with Gasteiger partial charge in [-0.1, -0.05) is 41.7 Å². The van der Waals surface area contributed by atoms with Crippen LogP contribution in [0.2, 0.25) is 0 Å². The van der Waals surface area contributed by atoms with E-state index in [-0.39, 0.29) is 43.0 Å². The number of hydrogen-bond donors (Lipinski definition) is 0. The van der Waals surface area contributed by atoms with E-state index in [0.29, 0.717) is 21.0 Å². The SMILES string of the molecule is O=C1CC(C(=O)N(Cc2ccccc2)c2nc3ccc(F)cc3s2)CN1c1ccc(F)cc1. The highest BCUT2D eigenvalue weighted by Gasteiger charge is 2.38. The highest BCUT2D eigenvalue weighted by atomic mass is 32.1. The minimum absolute atomic E-state index is 0.0566. The van der Waals surface area contributed by atoms with Crippen LogP contribution in [0.1, 0.15) is 12.0 Å². The molecule has 0 N–H and O–H groups in total. The summed E-state index contributed by atoms with van der Waals surface area (Å²) in [4.78, 5) is 34.0. The lowest BCUT2D eigenvalue weighted by Gasteiger charge is -2.23. The van der Waals surface area contributed by atoms with Gasteiger partial charge < -0.3 is 4.90 Å². The van der Waals surface area contributed by atoms with Gasteiger partial charge in [-0.05, 0) is 48.0 Å². The van der Waals surface area contributed by atoms with Crippen LogP contribution in [0.4, 0.5) is 19.6 Å².